The first kappa shape index (κ1) is 9.18. The summed E-state index contributed by atoms with van der Waals surface area (Å²) in [5.74, 6) is -0.584. The van der Waals surface area contributed by atoms with Crippen LogP contribution in [0.15, 0.2) is 23.3 Å². The molecule has 0 saturated carbocycles. The van der Waals surface area contributed by atoms with Crippen molar-refractivity contribution in [1.82, 2.24) is 5.23 Å². The number of rotatable bonds is 2. The van der Waals surface area contributed by atoms with E-state index in [9.17, 15) is 4.79 Å². The number of carbonyl (C=O) groups excluding carboxylic acids is 1. The van der Waals surface area contributed by atoms with Gasteiger partial charge in [-0.1, -0.05) is 0 Å². The van der Waals surface area contributed by atoms with E-state index in [1.54, 1.807) is 0 Å². The van der Waals surface area contributed by atoms with Crippen LogP contribution in [0, 0.1) is 0 Å². The van der Waals surface area contributed by atoms with Crippen molar-refractivity contribution in [3.05, 3.63) is 23.3 Å². The lowest BCUT2D eigenvalue weighted by Crippen LogP contribution is -2.39. The zero-order valence-electron chi connectivity index (χ0n) is 5.93. The van der Waals surface area contributed by atoms with Crippen LogP contribution in [0.2, 0.25) is 0 Å². The summed E-state index contributed by atoms with van der Waals surface area (Å²) in [5, 5.41) is 18.6. The molecule has 1 rings (SSSR count). The Kier molecular flexibility index (Phi) is 3.21. The Morgan fingerprint density at radius 3 is 2.92 bits per heavy atom. The molecule has 7 heteroatoms. The van der Waals surface area contributed by atoms with Gasteiger partial charge in [-0.05, 0) is 12.2 Å². The molecule has 0 aromatic carbocycles. The Labute approximate surface area is 73.5 Å². The van der Waals surface area contributed by atoms with Gasteiger partial charge in [-0.3, -0.25) is 4.79 Å². The molecule has 0 aliphatic carbocycles. The van der Waals surface area contributed by atoms with Crippen LogP contribution in [-0.2, 0) is 8.98 Å². The third-order valence-corrected chi connectivity index (χ3v) is 1.71. The molecule has 1 amide bonds. The first-order chi connectivity index (χ1) is 5.70. The van der Waals surface area contributed by atoms with Gasteiger partial charge in [0.15, 0.2) is 0 Å². The van der Waals surface area contributed by atoms with E-state index >= 15 is 0 Å². The molecule has 0 aromatic rings. The summed E-state index contributed by atoms with van der Waals surface area (Å²) in [7, 11) is -1.84. The highest BCUT2D eigenvalue weighted by Gasteiger charge is 2.18. The summed E-state index contributed by atoms with van der Waals surface area (Å²) in [4.78, 5) is 11.2. The molecule has 12 heavy (non-hydrogen) atoms. The van der Waals surface area contributed by atoms with E-state index in [1.165, 1.54) is 18.4 Å². The van der Waals surface area contributed by atoms with E-state index in [0.717, 1.165) is 12.0 Å². The van der Waals surface area contributed by atoms with Crippen LogP contribution in [-0.4, -0.2) is 23.2 Å². The van der Waals surface area contributed by atoms with E-state index in [4.69, 9.17) is 14.2 Å². The fraction of sp³-hybridized carbons (Fsp3) is 0. The van der Waals surface area contributed by atoms with Crippen molar-refractivity contribution in [3.8, 4) is 0 Å². The summed E-state index contributed by atoms with van der Waals surface area (Å²) in [6, 6.07) is 0. The molecule has 0 unspecified atom stereocenters. The standard InChI is InChI=1S/C5H6BNO4S/c8-5(7-6(9)10)4-2-1-3-11-12-4/h1-3,9-10H,(H,7,8). The summed E-state index contributed by atoms with van der Waals surface area (Å²) < 4.78 is 4.73. The molecule has 5 nitrogen and oxygen atoms in total. The monoisotopic (exact) mass is 187 g/mol. The second kappa shape index (κ2) is 4.20. The van der Waals surface area contributed by atoms with Crippen molar-refractivity contribution in [2.45, 2.75) is 0 Å². The molecule has 0 bridgehead atoms. The maximum atomic E-state index is 11.0. The van der Waals surface area contributed by atoms with Gasteiger partial charge in [-0.15, -0.1) is 0 Å². The lowest BCUT2D eigenvalue weighted by Gasteiger charge is -2.07. The Balaban J connectivity index is 2.51. The van der Waals surface area contributed by atoms with Gasteiger partial charge in [0.05, 0.1) is 12.0 Å². The van der Waals surface area contributed by atoms with Crippen molar-refractivity contribution in [2.24, 2.45) is 0 Å². The normalized spacial score (nSPS) is 14.7. The smallest absolute Gasteiger partial charge is 0.428 e. The highest BCUT2D eigenvalue weighted by atomic mass is 32.2. The average molecular weight is 187 g/mol. The van der Waals surface area contributed by atoms with Crippen LogP contribution < -0.4 is 5.23 Å². The Bertz CT molecular complexity index is 240. The van der Waals surface area contributed by atoms with Gasteiger partial charge in [0.2, 0.25) is 0 Å². The molecular weight excluding hydrogens is 181 g/mol. The van der Waals surface area contributed by atoms with Crippen molar-refractivity contribution >= 4 is 25.2 Å². The quantitative estimate of drug-likeness (QED) is 0.387. The lowest BCUT2D eigenvalue weighted by molar-refractivity contribution is -0.115. The van der Waals surface area contributed by atoms with Crippen molar-refractivity contribution in [1.29, 1.82) is 0 Å². The number of allylic oxidation sites excluding steroid dienone is 2. The predicted octanol–water partition coefficient (Wildman–Crippen LogP) is -0.852. The van der Waals surface area contributed by atoms with Gasteiger partial charge in [-0.25, -0.2) is 0 Å². The number of amides is 1. The highest BCUT2D eigenvalue weighted by molar-refractivity contribution is 7.99. The lowest BCUT2D eigenvalue weighted by atomic mass is 10.1. The minimum atomic E-state index is -1.84. The number of hydrogen-bond acceptors (Lipinski definition) is 5. The zero-order valence-corrected chi connectivity index (χ0v) is 6.75. The molecule has 0 saturated heterocycles. The molecule has 1 aliphatic heterocycles. The molecule has 0 spiro atoms. The van der Waals surface area contributed by atoms with E-state index in [0.29, 0.717) is 0 Å². The summed E-state index contributed by atoms with van der Waals surface area (Å²) in [6.45, 7) is 0. The zero-order chi connectivity index (χ0) is 8.97. The third-order valence-electron chi connectivity index (χ3n) is 1.00. The molecule has 1 heterocycles. The molecule has 0 aromatic heterocycles. The second-order valence-electron chi connectivity index (χ2n) is 1.89. The van der Waals surface area contributed by atoms with Gasteiger partial charge in [0.1, 0.15) is 11.2 Å². The number of hydrogen-bond donors (Lipinski definition) is 3. The molecule has 0 atom stereocenters. The first-order valence-electron chi connectivity index (χ1n) is 3.07. The summed E-state index contributed by atoms with van der Waals surface area (Å²) in [6.07, 6.45) is 4.46. The van der Waals surface area contributed by atoms with Gasteiger partial charge >= 0.3 is 7.25 Å². The summed E-state index contributed by atoms with van der Waals surface area (Å²) >= 11 is 0.853. The van der Waals surface area contributed by atoms with Crippen molar-refractivity contribution < 1.29 is 19.0 Å². The number of carbonyl (C=O) groups is 1. The molecule has 3 N–H and O–H groups in total. The first-order valence-corrected chi connectivity index (χ1v) is 3.81. The van der Waals surface area contributed by atoms with Crippen molar-refractivity contribution in [2.75, 3.05) is 0 Å². The van der Waals surface area contributed by atoms with Gasteiger partial charge in [0, 0.05) is 0 Å². The predicted molar refractivity (Wildman–Crippen MR) is 44.2 cm³/mol. The average Bonchev–Trinajstić information content (AvgIpc) is 2.05. The van der Waals surface area contributed by atoms with Crippen LogP contribution in [0.5, 0.6) is 0 Å². The topological polar surface area (TPSA) is 78.8 Å². The SMILES string of the molecule is O=C(NB(O)O)C1=CC=COS1. The largest absolute Gasteiger partial charge is 0.587 e. The molecule has 64 valence electrons. The van der Waals surface area contributed by atoms with E-state index < -0.39 is 13.2 Å². The minimum absolute atomic E-state index is 0.269. The minimum Gasteiger partial charge on any atom is -0.428 e. The molecule has 0 fully saturated rings. The van der Waals surface area contributed by atoms with Gasteiger partial charge < -0.3 is 19.5 Å². The van der Waals surface area contributed by atoms with Crippen LogP contribution in [0.1, 0.15) is 0 Å². The van der Waals surface area contributed by atoms with Gasteiger partial charge in [0.25, 0.3) is 5.91 Å². The second-order valence-corrected chi connectivity index (χ2v) is 2.69. The maximum Gasteiger partial charge on any atom is 0.587 e. The van der Waals surface area contributed by atoms with E-state index in [2.05, 4.69) is 0 Å². The fourth-order valence-corrected chi connectivity index (χ4v) is 1.06. The van der Waals surface area contributed by atoms with Crippen LogP contribution >= 0.6 is 12.0 Å². The molecular formula is C5H6BNO4S. The maximum absolute atomic E-state index is 11.0. The van der Waals surface area contributed by atoms with Crippen LogP contribution in [0.3, 0.4) is 0 Å². The highest BCUT2D eigenvalue weighted by Crippen LogP contribution is 2.20. The van der Waals surface area contributed by atoms with E-state index in [-0.39, 0.29) is 4.91 Å². The van der Waals surface area contributed by atoms with Crippen LogP contribution in [0.4, 0.5) is 0 Å². The van der Waals surface area contributed by atoms with E-state index in [1.807, 2.05) is 5.23 Å². The number of nitrogens with one attached hydrogen (secondary N) is 1. The molecule has 0 radical (unpaired) electrons. The Morgan fingerprint density at radius 2 is 2.42 bits per heavy atom. The third kappa shape index (κ3) is 2.61. The van der Waals surface area contributed by atoms with Crippen LogP contribution in [0.25, 0.3) is 0 Å². The summed E-state index contributed by atoms with van der Waals surface area (Å²) in [5.41, 5.74) is 0. The fourth-order valence-electron chi connectivity index (χ4n) is 0.568. The Morgan fingerprint density at radius 1 is 1.67 bits per heavy atom. The Hall–Kier alpha value is -0.915. The van der Waals surface area contributed by atoms with Crippen molar-refractivity contribution in [3.63, 3.8) is 0 Å². The molecule has 1 aliphatic rings. The van der Waals surface area contributed by atoms with Gasteiger partial charge in [-0.2, -0.15) is 0 Å².